The fourth-order valence-corrected chi connectivity index (χ4v) is 15.4. The number of benzene rings is 3. The Labute approximate surface area is 581 Å². The monoisotopic (exact) mass is 1370 g/mol. The summed E-state index contributed by atoms with van der Waals surface area (Å²) in [5, 5.41) is 95.8. The van der Waals surface area contributed by atoms with Gasteiger partial charge in [-0.3, -0.25) is 9.97 Å². The molecule has 0 spiro atoms. The number of nitrogens with one attached hydrogen (secondary N) is 3. The van der Waals surface area contributed by atoms with E-state index in [0.717, 1.165) is 78.9 Å². The molecule has 0 saturated carbocycles. The normalized spacial score (nSPS) is 18.0. The third kappa shape index (κ3) is 15.2. The van der Waals surface area contributed by atoms with Gasteiger partial charge in [-0.25, -0.2) is 24.0 Å². The maximum absolute atomic E-state index is 13.0. The number of aromatic nitrogens is 19. The van der Waals surface area contributed by atoms with E-state index in [1.54, 1.807) is 48.8 Å². The molecule has 12 aromatic rings. The minimum absolute atomic E-state index is 0.0149. The summed E-state index contributed by atoms with van der Waals surface area (Å²) in [7, 11) is 0. The molecule has 3 fully saturated rings. The summed E-state index contributed by atoms with van der Waals surface area (Å²) in [6, 6.07) is 29.5. The van der Waals surface area contributed by atoms with E-state index in [2.05, 4.69) is 180 Å². The first-order chi connectivity index (χ1) is 47.6. The van der Waals surface area contributed by atoms with E-state index in [-0.39, 0.29) is 74.2 Å². The van der Waals surface area contributed by atoms with Crippen molar-refractivity contribution in [2.24, 2.45) is 0 Å². The van der Waals surface area contributed by atoms with Crippen LogP contribution in [0, 0.1) is 6.92 Å². The second-order valence-electron chi connectivity index (χ2n) is 30.7. The van der Waals surface area contributed by atoms with Crippen molar-refractivity contribution < 1.29 is 28.5 Å². The zero-order valence-electron chi connectivity index (χ0n) is 58.6. The van der Waals surface area contributed by atoms with Crippen molar-refractivity contribution in [3.63, 3.8) is 0 Å². The number of halogens is 3. The molecule has 25 nitrogen and oxygen atoms in total. The topological polar surface area (TPSA) is 318 Å². The fraction of sp³-hybridized carbons (Fsp3) is 0.397. The predicted octanol–water partition coefficient (Wildman–Crippen LogP) is 13.1. The average Bonchev–Trinajstić information content (AvgIpc) is 1.68. The Morgan fingerprint density at radius 2 is 0.723 bits per heavy atom. The molecule has 3 aliphatic heterocycles. The van der Waals surface area contributed by atoms with Crippen LogP contribution in [0.1, 0.15) is 151 Å². The van der Waals surface area contributed by atoms with E-state index < -0.39 is 11.9 Å². The van der Waals surface area contributed by atoms with Crippen molar-refractivity contribution in [2.75, 3.05) is 0 Å². The van der Waals surface area contributed by atoms with Gasteiger partial charge in [0.25, 0.3) is 0 Å². The summed E-state index contributed by atoms with van der Waals surface area (Å²) in [5.41, 5.74) is 10.7. The van der Waals surface area contributed by atoms with Gasteiger partial charge in [0.05, 0.1) is 40.9 Å². The van der Waals surface area contributed by atoms with E-state index in [1.165, 1.54) is 18.5 Å². The first-order valence-corrected chi connectivity index (χ1v) is 33.5. The highest BCUT2D eigenvalue weighted by molar-refractivity contribution is 5.82. The van der Waals surface area contributed by atoms with Crippen molar-refractivity contribution in [3.8, 4) is 84.5 Å². The summed E-state index contributed by atoms with van der Waals surface area (Å²) in [4.78, 5) is 15.8. The minimum atomic E-state index is -4.56. The maximum Gasteiger partial charge on any atom is 0.433 e. The molecule has 0 atom stereocenters. The van der Waals surface area contributed by atoms with Crippen molar-refractivity contribution in [2.45, 2.75) is 186 Å². The highest BCUT2D eigenvalue weighted by atomic mass is 19.4. The molecule has 0 aliphatic carbocycles. The molecule has 0 radical (unpaired) electrons. The molecule has 0 bridgehead atoms. The van der Waals surface area contributed by atoms with Crippen LogP contribution in [-0.4, -0.2) is 144 Å². The third-order valence-electron chi connectivity index (χ3n) is 18.5. The number of aromatic hydroxyl groups is 3. The van der Waals surface area contributed by atoms with E-state index in [9.17, 15) is 28.5 Å². The van der Waals surface area contributed by atoms with Crippen LogP contribution in [0.25, 0.3) is 101 Å². The molecule has 0 amide bonds. The minimum Gasteiger partial charge on any atom is -0.507 e. The highest BCUT2D eigenvalue weighted by Gasteiger charge is 2.43. The Bertz CT molecular complexity index is 5020. The fourth-order valence-electron chi connectivity index (χ4n) is 15.4. The molecule has 6 N–H and O–H groups in total. The van der Waals surface area contributed by atoms with Crippen LogP contribution in [0.15, 0.2) is 128 Å². The van der Waals surface area contributed by atoms with Crippen LogP contribution in [0.3, 0.4) is 0 Å². The van der Waals surface area contributed by atoms with Crippen molar-refractivity contribution >= 4 is 33.5 Å². The number of hydrogen-bond donors (Lipinski definition) is 6. The molecule has 9 aromatic heterocycles. The number of piperidine rings is 3. The number of nitrogens with zero attached hydrogens (tertiary/aromatic N) is 19. The number of rotatable bonds is 9. The average molecular weight is 1370 g/mol. The molecule has 28 heteroatoms. The maximum atomic E-state index is 13.0. The van der Waals surface area contributed by atoms with Gasteiger partial charge >= 0.3 is 6.18 Å². The van der Waals surface area contributed by atoms with Crippen molar-refractivity contribution in [3.05, 3.63) is 139 Å². The lowest BCUT2D eigenvalue weighted by Crippen LogP contribution is -2.58. The van der Waals surface area contributed by atoms with Gasteiger partial charge in [-0.2, -0.15) is 13.2 Å². The van der Waals surface area contributed by atoms with Crippen LogP contribution in [0.5, 0.6) is 17.2 Å². The molecule has 522 valence electrons. The lowest BCUT2D eigenvalue weighted by Gasteiger charge is -2.46. The Kier molecular flexibility index (Phi) is 17.7. The van der Waals surface area contributed by atoms with Gasteiger partial charge in [-0.05, 0) is 236 Å². The first-order valence-electron chi connectivity index (χ1n) is 33.5. The number of phenols is 3. The molecule has 3 saturated heterocycles. The highest BCUT2D eigenvalue weighted by Crippen LogP contribution is 2.43. The van der Waals surface area contributed by atoms with Crippen molar-refractivity contribution in [1.82, 2.24) is 111 Å². The molecular formula is C73H81F3N22O3. The summed E-state index contributed by atoms with van der Waals surface area (Å²) in [5.74, 6) is 0.106. The molecule has 0 unspecified atom stereocenters. The quantitative estimate of drug-likeness (QED) is 0.0782. The summed E-state index contributed by atoms with van der Waals surface area (Å²) in [6.07, 6.45) is 6.85. The summed E-state index contributed by atoms with van der Waals surface area (Å²) < 4.78 is 44.7. The second-order valence-corrected chi connectivity index (χ2v) is 30.7. The Morgan fingerprint density at radius 1 is 0.376 bits per heavy atom. The van der Waals surface area contributed by atoms with Gasteiger partial charge in [-0.15, -0.1) is 45.9 Å². The number of hydrogen-bond acceptors (Lipinski definition) is 22. The summed E-state index contributed by atoms with van der Waals surface area (Å²) >= 11 is 0. The largest absolute Gasteiger partial charge is 0.507 e. The molecule has 101 heavy (non-hydrogen) atoms. The van der Waals surface area contributed by atoms with Crippen LogP contribution in [0.2, 0.25) is 0 Å². The predicted molar refractivity (Wildman–Crippen MR) is 377 cm³/mol. The van der Waals surface area contributed by atoms with E-state index in [0.29, 0.717) is 72.8 Å². The number of aryl methyl sites for hydroxylation is 1. The lowest BCUT2D eigenvalue weighted by molar-refractivity contribution is -0.141. The van der Waals surface area contributed by atoms with Crippen LogP contribution < -0.4 is 16.0 Å². The summed E-state index contributed by atoms with van der Waals surface area (Å²) in [6.45, 7) is 28.3. The van der Waals surface area contributed by atoms with Gasteiger partial charge in [0.1, 0.15) is 45.8 Å². The second kappa shape index (κ2) is 25.9. The van der Waals surface area contributed by atoms with Gasteiger partial charge in [-0.1, -0.05) is 33.8 Å². The van der Waals surface area contributed by atoms with E-state index in [4.69, 9.17) is 0 Å². The van der Waals surface area contributed by atoms with Crippen LogP contribution in [-0.2, 0) is 6.18 Å². The molecule has 3 aromatic carbocycles. The number of fused-ring (bicyclic) bond motifs is 3. The molecule has 3 aliphatic rings. The smallest absolute Gasteiger partial charge is 0.433 e. The van der Waals surface area contributed by atoms with Gasteiger partial charge in [0.2, 0.25) is 16.9 Å². The standard InChI is InChI=1S/C25H26F3N7O.C25H29N7O.C23H26N8O/c1-23(2)12-16(13-24(3,4)33-23)35-22-19(31-34-35)11-18(30-32-22)17-6-5-14(9-20(17)36)15-7-8-29-21(10-15)25(26,27)28;1-15-10-17(8-9-26-15)16-6-7-19(22(33)11-16)20-12-21-23(29-27-20)32(31-28-21)18-13-24(2,3)30-25(4,5)14-18;1-22(2)11-15(12-23(3,4)29-22)31-21-19(27-30-31)10-18(26-28-21)16-6-5-14(9-20(16)32)17-7-8-24-13-25-17/h5-11,16,33,36H,12-13H2,1-4H3;6-12,18,30,33H,13-14H2,1-5H3;5-10,13,15,29,32H,11-12H2,1-4H3. The molecular weight excluding hydrogens is 1290 g/mol. The van der Waals surface area contributed by atoms with Crippen LogP contribution in [0.4, 0.5) is 13.2 Å². The molecule has 12 heterocycles. The third-order valence-corrected chi connectivity index (χ3v) is 18.5. The van der Waals surface area contributed by atoms with Gasteiger partial charge < -0.3 is 31.3 Å². The SMILES string of the molecule is CC1(C)CC(n2nnc3cc(-c4ccc(-c5ccnc(C(F)(F)F)c5)cc4O)nnc32)CC(C)(C)N1.CC1(C)CC(n2nnc3cc(-c4ccc(-c5ccncn5)cc4O)nnc32)CC(C)(C)N1.Cc1cc(-c2ccc(-c3cc4nnn(C5CC(C)(C)NC(C)(C)C5)c4nn3)c(O)c2)ccn1. The lowest BCUT2D eigenvalue weighted by atomic mass is 9.79. The Balaban J connectivity index is 0.000000136. The zero-order valence-corrected chi connectivity index (χ0v) is 58.6. The Hall–Kier alpha value is -10.4. The van der Waals surface area contributed by atoms with Crippen LogP contribution >= 0.6 is 0 Å². The Morgan fingerprint density at radius 3 is 1.07 bits per heavy atom. The van der Waals surface area contributed by atoms with E-state index >= 15 is 0 Å². The van der Waals surface area contributed by atoms with Gasteiger partial charge in [0.15, 0.2) is 0 Å². The van der Waals surface area contributed by atoms with Gasteiger partial charge in [0, 0.05) is 79.8 Å². The zero-order chi connectivity index (χ0) is 71.8. The van der Waals surface area contributed by atoms with E-state index in [1.807, 2.05) is 69.5 Å². The number of alkyl halides is 3. The van der Waals surface area contributed by atoms with Crippen molar-refractivity contribution in [1.29, 1.82) is 0 Å². The molecule has 15 rings (SSSR count). The number of pyridine rings is 2. The first kappa shape index (κ1) is 69.0. The number of phenolic OH excluding ortho intramolecular Hbond substituents is 3.